The molecule has 0 bridgehead atoms. The van der Waals surface area contributed by atoms with Crippen LogP contribution in [0.3, 0.4) is 0 Å². The summed E-state index contributed by atoms with van der Waals surface area (Å²) in [5, 5.41) is 10.5. The molecule has 2 aromatic carbocycles. The molecule has 1 N–H and O–H groups in total. The van der Waals surface area contributed by atoms with E-state index in [1.165, 1.54) is 12.8 Å². The fourth-order valence-corrected chi connectivity index (χ4v) is 3.11. The monoisotopic (exact) mass is 322 g/mol. The number of aryl methyl sites for hydroxylation is 1. The van der Waals surface area contributed by atoms with Crippen LogP contribution < -0.4 is 4.74 Å². The molecule has 1 fully saturated rings. The summed E-state index contributed by atoms with van der Waals surface area (Å²) in [6, 6.07) is 16.0. The van der Waals surface area contributed by atoms with E-state index in [4.69, 9.17) is 9.72 Å². The molecule has 1 saturated carbocycles. The van der Waals surface area contributed by atoms with Gasteiger partial charge in [-0.25, -0.2) is 4.98 Å². The van der Waals surface area contributed by atoms with Crippen LogP contribution in [0.5, 0.6) is 5.75 Å². The molecule has 0 saturated heterocycles. The lowest BCUT2D eigenvalue weighted by molar-refractivity contribution is 0.0924. The Bertz CT molecular complexity index is 852. The molecule has 4 nitrogen and oxygen atoms in total. The van der Waals surface area contributed by atoms with Crippen molar-refractivity contribution in [3.05, 3.63) is 59.9 Å². The van der Waals surface area contributed by atoms with Gasteiger partial charge in [0.2, 0.25) is 0 Å². The van der Waals surface area contributed by atoms with E-state index in [-0.39, 0.29) is 6.61 Å². The van der Waals surface area contributed by atoms with Gasteiger partial charge in [0, 0.05) is 5.92 Å². The molecule has 0 amide bonds. The number of ether oxygens (including phenoxy) is 1. The van der Waals surface area contributed by atoms with E-state index >= 15 is 0 Å². The Hall–Kier alpha value is -2.33. The molecule has 0 radical (unpaired) electrons. The van der Waals surface area contributed by atoms with Gasteiger partial charge in [-0.05, 0) is 43.5 Å². The molecule has 1 aliphatic carbocycles. The number of imidazole rings is 1. The first-order valence-corrected chi connectivity index (χ1v) is 8.54. The maximum absolute atomic E-state index is 10.5. The summed E-state index contributed by atoms with van der Waals surface area (Å²) in [5.41, 5.74) is 3.18. The first-order valence-electron chi connectivity index (χ1n) is 8.54. The van der Waals surface area contributed by atoms with Crippen molar-refractivity contribution in [1.29, 1.82) is 0 Å². The number of rotatable bonds is 6. The van der Waals surface area contributed by atoms with E-state index in [2.05, 4.69) is 10.6 Å². The number of hydrogen-bond acceptors (Lipinski definition) is 3. The molecule has 1 heterocycles. The Morgan fingerprint density at radius 3 is 2.71 bits per heavy atom. The van der Waals surface area contributed by atoms with Crippen molar-refractivity contribution in [1.82, 2.24) is 9.55 Å². The van der Waals surface area contributed by atoms with Crippen molar-refractivity contribution in [3.63, 3.8) is 0 Å². The van der Waals surface area contributed by atoms with Gasteiger partial charge >= 0.3 is 0 Å². The number of aliphatic hydroxyl groups excluding tert-OH is 1. The van der Waals surface area contributed by atoms with Gasteiger partial charge in [-0.15, -0.1) is 0 Å². The van der Waals surface area contributed by atoms with Crippen LogP contribution in [-0.2, 0) is 6.54 Å². The molecular formula is C20H22N2O2. The summed E-state index contributed by atoms with van der Waals surface area (Å²) in [6.45, 7) is 2.80. The molecule has 24 heavy (non-hydrogen) atoms. The molecule has 124 valence electrons. The summed E-state index contributed by atoms with van der Waals surface area (Å²) >= 11 is 0. The fraction of sp³-hybridized carbons (Fsp3) is 0.350. The predicted molar refractivity (Wildman–Crippen MR) is 94.4 cm³/mol. The summed E-state index contributed by atoms with van der Waals surface area (Å²) in [5.74, 6) is 2.47. The van der Waals surface area contributed by atoms with Crippen molar-refractivity contribution in [2.75, 3.05) is 6.61 Å². The summed E-state index contributed by atoms with van der Waals surface area (Å²) in [6.07, 6.45) is 1.82. The number of fused-ring (bicyclic) bond motifs is 1. The van der Waals surface area contributed by atoms with Crippen LogP contribution >= 0.6 is 0 Å². The lowest BCUT2D eigenvalue weighted by Gasteiger charge is -2.16. The summed E-state index contributed by atoms with van der Waals surface area (Å²) < 4.78 is 7.96. The molecule has 1 aliphatic rings. The Balaban J connectivity index is 1.51. The van der Waals surface area contributed by atoms with Crippen molar-refractivity contribution < 1.29 is 9.84 Å². The van der Waals surface area contributed by atoms with Gasteiger partial charge in [0.1, 0.15) is 24.3 Å². The maximum Gasteiger partial charge on any atom is 0.122 e. The highest BCUT2D eigenvalue weighted by atomic mass is 16.5. The van der Waals surface area contributed by atoms with Crippen LogP contribution in [0.2, 0.25) is 0 Å². The molecule has 0 aliphatic heterocycles. The zero-order valence-corrected chi connectivity index (χ0v) is 13.9. The predicted octanol–water partition coefficient (Wildman–Crippen LogP) is 3.66. The van der Waals surface area contributed by atoms with Crippen LogP contribution in [0.25, 0.3) is 11.0 Å². The van der Waals surface area contributed by atoms with E-state index in [0.29, 0.717) is 12.5 Å². The average molecular weight is 322 g/mol. The topological polar surface area (TPSA) is 47.3 Å². The van der Waals surface area contributed by atoms with E-state index < -0.39 is 6.10 Å². The number of para-hydroxylation sites is 3. The van der Waals surface area contributed by atoms with Gasteiger partial charge in [-0.1, -0.05) is 30.3 Å². The Morgan fingerprint density at radius 1 is 1.17 bits per heavy atom. The highest BCUT2D eigenvalue weighted by Crippen LogP contribution is 2.40. The SMILES string of the molecule is Cc1ccccc1OC[C@H](O)Cn1c(C2CC2)nc2ccccc21. The largest absolute Gasteiger partial charge is 0.491 e. The molecule has 1 atom stereocenters. The van der Waals surface area contributed by atoms with Gasteiger partial charge in [0.25, 0.3) is 0 Å². The average Bonchev–Trinajstić information content (AvgIpc) is 3.37. The van der Waals surface area contributed by atoms with Crippen molar-refractivity contribution in [2.45, 2.75) is 38.3 Å². The third kappa shape index (κ3) is 3.02. The van der Waals surface area contributed by atoms with E-state index in [9.17, 15) is 5.11 Å². The van der Waals surface area contributed by atoms with Gasteiger partial charge in [-0.2, -0.15) is 0 Å². The van der Waals surface area contributed by atoms with Crippen LogP contribution in [0, 0.1) is 6.92 Å². The van der Waals surface area contributed by atoms with Crippen LogP contribution in [-0.4, -0.2) is 27.4 Å². The van der Waals surface area contributed by atoms with Crippen LogP contribution in [0.15, 0.2) is 48.5 Å². The number of nitrogens with zero attached hydrogens (tertiary/aromatic N) is 2. The summed E-state index contributed by atoms with van der Waals surface area (Å²) in [7, 11) is 0. The number of aromatic nitrogens is 2. The Kier molecular flexibility index (Phi) is 3.98. The Labute approximate surface area is 141 Å². The highest BCUT2D eigenvalue weighted by Gasteiger charge is 2.30. The standard InChI is InChI=1S/C20H22N2O2/c1-14-6-2-5-9-19(14)24-13-16(23)12-22-18-8-4-3-7-17(18)21-20(22)15-10-11-15/h2-9,15-16,23H,10-13H2,1H3/t16-/m1/s1. The lowest BCUT2D eigenvalue weighted by Crippen LogP contribution is -2.24. The fourth-order valence-electron chi connectivity index (χ4n) is 3.11. The van der Waals surface area contributed by atoms with Crippen LogP contribution in [0.4, 0.5) is 0 Å². The number of benzene rings is 2. The second-order valence-corrected chi connectivity index (χ2v) is 6.57. The van der Waals surface area contributed by atoms with Gasteiger partial charge < -0.3 is 14.4 Å². The number of hydrogen-bond donors (Lipinski definition) is 1. The minimum absolute atomic E-state index is 0.279. The summed E-state index contributed by atoms with van der Waals surface area (Å²) in [4.78, 5) is 4.77. The second-order valence-electron chi connectivity index (χ2n) is 6.57. The zero-order valence-electron chi connectivity index (χ0n) is 13.9. The minimum atomic E-state index is -0.570. The van der Waals surface area contributed by atoms with E-state index in [1.54, 1.807) is 0 Å². The number of aliphatic hydroxyl groups is 1. The smallest absolute Gasteiger partial charge is 0.122 e. The molecule has 1 aromatic heterocycles. The quantitative estimate of drug-likeness (QED) is 0.753. The third-order valence-electron chi connectivity index (χ3n) is 4.54. The van der Waals surface area contributed by atoms with Crippen molar-refractivity contribution in [2.24, 2.45) is 0 Å². The van der Waals surface area contributed by atoms with Gasteiger partial charge in [-0.3, -0.25) is 0 Å². The van der Waals surface area contributed by atoms with E-state index in [0.717, 1.165) is 28.2 Å². The third-order valence-corrected chi connectivity index (χ3v) is 4.54. The van der Waals surface area contributed by atoms with Crippen molar-refractivity contribution >= 4 is 11.0 Å². The highest BCUT2D eigenvalue weighted by molar-refractivity contribution is 5.76. The molecule has 0 unspecified atom stereocenters. The van der Waals surface area contributed by atoms with Gasteiger partial charge in [0.15, 0.2) is 0 Å². The molecular weight excluding hydrogens is 300 g/mol. The lowest BCUT2D eigenvalue weighted by atomic mass is 10.2. The first-order chi connectivity index (χ1) is 11.7. The molecule has 4 heteroatoms. The van der Waals surface area contributed by atoms with Crippen LogP contribution in [0.1, 0.15) is 30.1 Å². The van der Waals surface area contributed by atoms with E-state index in [1.807, 2.05) is 49.4 Å². The first kappa shape index (κ1) is 15.2. The minimum Gasteiger partial charge on any atom is -0.491 e. The Morgan fingerprint density at radius 2 is 1.92 bits per heavy atom. The molecule has 3 aromatic rings. The zero-order chi connectivity index (χ0) is 16.5. The molecule has 0 spiro atoms. The maximum atomic E-state index is 10.5. The normalized spacial score (nSPS) is 15.6. The molecule has 4 rings (SSSR count). The van der Waals surface area contributed by atoms with Gasteiger partial charge in [0.05, 0.1) is 17.6 Å². The second kappa shape index (κ2) is 6.29. The van der Waals surface area contributed by atoms with Crippen molar-refractivity contribution in [3.8, 4) is 5.75 Å².